The quantitative estimate of drug-likeness (QED) is 0.114. The molecule has 0 saturated carbocycles. The van der Waals surface area contributed by atoms with Gasteiger partial charge in [-0.05, 0) is 84.0 Å². The third-order valence-electron chi connectivity index (χ3n) is 11.6. The lowest BCUT2D eigenvalue weighted by molar-refractivity contribution is -0.571. The highest BCUT2D eigenvalue weighted by molar-refractivity contribution is 6.09. The van der Waals surface area contributed by atoms with E-state index in [-0.39, 0.29) is 0 Å². The summed E-state index contributed by atoms with van der Waals surface area (Å²) in [6, 6.07) is 63.9. The number of para-hydroxylation sites is 4. The number of imidazole rings is 1. The van der Waals surface area contributed by atoms with Gasteiger partial charge in [-0.15, -0.1) is 0 Å². The molecule has 0 N–H and O–H groups in total. The van der Waals surface area contributed by atoms with Gasteiger partial charge in [0, 0.05) is 47.9 Å². The summed E-state index contributed by atoms with van der Waals surface area (Å²) >= 11 is 0. The molecule has 0 bridgehead atoms. The molecule has 59 heavy (non-hydrogen) atoms. The number of hydrogen-bond donors (Lipinski definition) is 0. The molecule has 10 aromatic rings. The van der Waals surface area contributed by atoms with Crippen LogP contribution in [0.5, 0.6) is 11.5 Å². The Morgan fingerprint density at radius 1 is 0.508 bits per heavy atom. The molecule has 1 aliphatic rings. The van der Waals surface area contributed by atoms with Crippen molar-refractivity contribution in [3.63, 3.8) is 0 Å². The van der Waals surface area contributed by atoms with Gasteiger partial charge in [0.05, 0.1) is 33.4 Å². The third kappa shape index (κ3) is 6.30. The summed E-state index contributed by atoms with van der Waals surface area (Å²) in [5, 5.41) is 2.35. The highest BCUT2D eigenvalue weighted by atomic mass is 16.5. The number of aromatic nitrogens is 4. The van der Waals surface area contributed by atoms with Crippen LogP contribution < -0.4 is 14.2 Å². The Balaban J connectivity index is 1.00. The molecule has 4 heterocycles. The molecule has 3 aromatic heterocycles. The summed E-state index contributed by atoms with van der Waals surface area (Å²) in [5.74, 6) is 2.40. The van der Waals surface area contributed by atoms with Crippen LogP contribution in [0, 0.1) is 6.33 Å². The van der Waals surface area contributed by atoms with Crippen LogP contribution in [0.3, 0.4) is 0 Å². The van der Waals surface area contributed by atoms with Gasteiger partial charge in [0.2, 0.25) is 0 Å². The molecule has 1 fully saturated rings. The molecule has 0 radical (unpaired) electrons. The second-order valence-electron chi connectivity index (χ2n) is 15.2. The number of anilines is 1. The van der Waals surface area contributed by atoms with E-state index in [1.54, 1.807) is 0 Å². The van der Waals surface area contributed by atoms with Crippen molar-refractivity contribution in [3.05, 3.63) is 195 Å². The van der Waals surface area contributed by atoms with Gasteiger partial charge in [-0.1, -0.05) is 127 Å². The Morgan fingerprint density at radius 3 is 1.95 bits per heavy atom. The van der Waals surface area contributed by atoms with Gasteiger partial charge in [-0.2, -0.15) is 0 Å². The predicted molar refractivity (Wildman–Crippen MR) is 239 cm³/mol. The summed E-state index contributed by atoms with van der Waals surface area (Å²) in [6.07, 6.45) is 9.49. The second-order valence-corrected chi connectivity index (χ2v) is 15.2. The van der Waals surface area contributed by atoms with Crippen molar-refractivity contribution >= 4 is 38.5 Å². The molecular weight excluding hydrogens is 723 g/mol. The van der Waals surface area contributed by atoms with Crippen LogP contribution >= 0.6 is 0 Å². The number of pyridine rings is 1. The van der Waals surface area contributed by atoms with Gasteiger partial charge in [0.25, 0.3) is 6.33 Å². The molecule has 6 nitrogen and oxygen atoms in total. The number of hydrogen-bond acceptors (Lipinski definition) is 3. The van der Waals surface area contributed by atoms with Crippen molar-refractivity contribution in [2.24, 2.45) is 0 Å². The van der Waals surface area contributed by atoms with E-state index in [1.165, 1.54) is 30.3 Å². The molecule has 11 rings (SSSR count). The molecule has 6 heteroatoms. The van der Waals surface area contributed by atoms with Crippen molar-refractivity contribution in [1.29, 1.82) is 0 Å². The minimum Gasteiger partial charge on any atom is -0.458 e. The fraction of sp³-hybridized carbons (Fsp3) is 0.0943. The minimum atomic E-state index is 0.738. The van der Waals surface area contributed by atoms with Gasteiger partial charge in [0.15, 0.2) is 0 Å². The number of ether oxygens (including phenoxy) is 1. The molecule has 0 amide bonds. The van der Waals surface area contributed by atoms with Crippen molar-refractivity contribution in [1.82, 2.24) is 14.1 Å². The van der Waals surface area contributed by atoms with E-state index < -0.39 is 0 Å². The number of benzene rings is 7. The van der Waals surface area contributed by atoms with Crippen molar-refractivity contribution in [2.45, 2.75) is 19.3 Å². The Kier molecular flexibility index (Phi) is 8.73. The molecular formula is C53H41N5O. The average Bonchev–Trinajstić information content (AvgIpc) is 3.86. The van der Waals surface area contributed by atoms with E-state index in [0.717, 1.165) is 91.5 Å². The molecule has 0 aliphatic carbocycles. The van der Waals surface area contributed by atoms with Gasteiger partial charge < -0.3 is 9.64 Å². The van der Waals surface area contributed by atoms with E-state index in [0.29, 0.717) is 0 Å². The van der Waals surface area contributed by atoms with E-state index in [4.69, 9.17) is 9.72 Å². The molecule has 0 atom stereocenters. The monoisotopic (exact) mass is 763 g/mol. The van der Waals surface area contributed by atoms with Crippen LogP contribution in [0.1, 0.15) is 19.3 Å². The third-order valence-corrected chi connectivity index (χ3v) is 11.6. The summed E-state index contributed by atoms with van der Waals surface area (Å²) in [7, 11) is 0. The Bertz CT molecular complexity index is 3070. The Morgan fingerprint density at radius 2 is 1.17 bits per heavy atom. The van der Waals surface area contributed by atoms with E-state index in [1.807, 2.05) is 12.3 Å². The maximum Gasteiger partial charge on any atom is 0.269 e. The first kappa shape index (κ1) is 34.8. The first-order valence-electron chi connectivity index (χ1n) is 20.5. The van der Waals surface area contributed by atoms with Crippen LogP contribution in [-0.4, -0.2) is 27.2 Å². The van der Waals surface area contributed by atoms with Crippen LogP contribution in [0.25, 0.3) is 72.3 Å². The van der Waals surface area contributed by atoms with Gasteiger partial charge in [-0.3, -0.25) is 13.7 Å². The van der Waals surface area contributed by atoms with E-state index in [2.05, 4.69) is 201 Å². The number of nitrogens with zero attached hydrogens (tertiary/aromatic N) is 5. The number of piperidine rings is 1. The van der Waals surface area contributed by atoms with Crippen LogP contribution in [-0.2, 0) is 0 Å². The largest absolute Gasteiger partial charge is 0.458 e. The van der Waals surface area contributed by atoms with Gasteiger partial charge in [-0.25, -0.2) is 4.98 Å². The highest BCUT2D eigenvalue weighted by Crippen LogP contribution is 2.37. The summed E-state index contributed by atoms with van der Waals surface area (Å²) < 4.78 is 13.4. The van der Waals surface area contributed by atoms with E-state index >= 15 is 0 Å². The van der Waals surface area contributed by atoms with Crippen molar-refractivity contribution < 1.29 is 9.30 Å². The van der Waals surface area contributed by atoms with Crippen LogP contribution in [0.2, 0.25) is 0 Å². The fourth-order valence-corrected chi connectivity index (χ4v) is 8.86. The molecule has 7 aromatic carbocycles. The lowest BCUT2D eigenvalue weighted by Crippen LogP contribution is -2.31. The Hall–Kier alpha value is -7.44. The van der Waals surface area contributed by atoms with Crippen LogP contribution in [0.15, 0.2) is 188 Å². The average molecular weight is 764 g/mol. The van der Waals surface area contributed by atoms with Gasteiger partial charge >= 0.3 is 0 Å². The zero-order valence-corrected chi connectivity index (χ0v) is 32.6. The maximum atomic E-state index is 6.74. The zero-order chi connectivity index (χ0) is 39.1. The summed E-state index contributed by atoms with van der Waals surface area (Å²) in [4.78, 5) is 7.40. The minimum absolute atomic E-state index is 0.738. The maximum absolute atomic E-state index is 6.74. The molecule has 0 spiro atoms. The van der Waals surface area contributed by atoms with Crippen molar-refractivity contribution in [2.75, 3.05) is 18.0 Å². The normalized spacial score (nSPS) is 13.1. The van der Waals surface area contributed by atoms with Crippen LogP contribution in [0.4, 0.5) is 5.69 Å². The summed E-state index contributed by atoms with van der Waals surface area (Å²) in [5.41, 5.74) is 12.1. The SMILES string of the molecule is [c-]1n(-c2cccc(Oc3ccc4c5ccccc5n(-c5cc(N6CCCCC6)ccn5)c4c3)c2)c2ccccc2[n+]1-c1c(-c2ccccc2)cccc1-c1ccccc1. The highest BCUT2D eigenvalue weighted by Gasteiger charge is 2.21. The summed E-state index contributed by atoms with van der Waals surface area (Å²) in [6.45, 7) is 2.17. The zero-order valence-electron chi connectivity index (χ0n) is 32.6. The van der Waals surface area contributed by atoms with Gasteiger partial charge in [0.1, 0.15) is 17.3 Å². The molecule has 0 unspecified atom stereocenters. The lowest BCUT2D eigenvalue weighted by Gasteiger charge is -2.29. The van der Waals surface area contributed by atoms with E-state index in [9.17, 15) is 0 Å². The molecule has 1 aliphatic heterocycles. The fourth-order valence-electron chi connectivity index (χ4n) is 8.86. The lowest BCUT2D eigenvalue weighted by atomic mass is 9.95. The predicted octanol–water partition coefficient (Wildman–Crippen LogP) is 12.3. The standard InChI is InChI=1S/C53H41N5O/c1-4-16-38(17-5-1)44-23-15-24-45(39-18-6-2-7-19-39)53(44)57-37-56(49-26-10-11-27-50(49)57)41-20-14-21-42(34-41)59-43-28-29-47-46-22-8-9-25-48(46)58(51(47)36-43)52-35-40(30-31-54-52)55-32-12-3-13-33-55/h1-2,4-11,14-31,34-36H,3,12-13,32-33H2. The second kappa shape index (κ2) is 14.8. The molecule has 284 valence electrons. The molecule has 1 saturated heterocycles. The number of rotatable bonds is 8. The topological polar surface area (TPSA) is 39.1 Å². The first-order chi connectivity index (χ1) is 29.3. The number of fused-ring (bicyclic) bond motifs is 4. The van der Waals surface area contributed by atoms with Crippen molar-refractivity contribution in [3.8, 4) is 50.9 Å². The first-order valence-corrected chi connectivity index (χ1v) is 20.5. The smallest absolute Gasteiger partial charge is 0.269 e. The Labute approximate surface area is 343 Å².